The van der Waals surface area contributed by atoms with E-state index < -0.39 is 6.09 Å². The number of anilines is 1. The average molecular weight is 477 g/mol. The second kappa shape index (κ2) is 10.8. The Morgan fingerprint density at radius 3 is 2.15 bits per heavy atom. The fourth-order valence-corrected chi connectivity index (χ4v) is 4.71. The van der Waals surface area contributed by atoms with Crippen LogP contribution in [0.4, 0.5) is 10.5 Å². The maximum Gasteiger partial charge on any atom is 1.00 e. The van der Waals surface area contributed by atoms with Crippen molar-refractivity contribution in [3.8, 4) is 21.6 Å². The summed E-state index contributed by atoms with van der Waals surface area (Å²) in [5.41, 5.74) is 7.16. The summed E-state index contributed by atoms with van der Waals surface area (Å²) in [5.74, 6) is 1.55. The Hall–Kier alpha value is -2.57. The normalized spacial score (nSPS) is 13.1. The van der Waals surface area contributed by atoms with Gasteiger partial charge in [0, 0.05) is 0 Å². The molecule has 1 heterocycles. The van der Waals surface area contributed by atoms with E-state index in [0.29, 0.717) is 5.69 Å². The van der Waals surface area contributed by atoms with Crippen molar-refractivity contribution in [3.05, 3.63) is 102 Å². The van der Waals surface area contributed by atoms with Gasteiger partial charge in [0.05, 0.1) is 16.3 Å². The van der Waals surface area contributed by atoms with Crippen molar-refractivity contribution in [2.75, 3.05) is 5.32 Å². The van der Waals surface area contributed by atoms with Gasteiger partial charge in [0.25, 0.3) is 0 Å². The van der Waals surface area contributed by atoms with Gasteiger partial charge in [-0.1, -0.05) is 67.4 Å². The second-order valence-electron chi connectivity index (χ2n) is 8.31. The van der Waals surface area contributed by atoms with Gasteiger partial charge in [-0.25, -0.2) is 4.79 Å². The fourth-order valence-electron chi connectivity index (χ4n) is 3.86. The van der Waals surface area contributed by atoms with Crippen LogP contribution < -0.4 is 34.9 Å². The number of hydrogen-bond acceptors (Lipinski definition) is 4. The van der Waals surface area contributed by atoms with Gasteiger partial charge >= 0.3 is 35.7 Å². The third-order valence-electron chi connectivity index (χ3n) is 5.92. The van der Waals surface area contributed by atoms with Crippen molar-refractivity contribution in [2.45, 2.75) is 32.8 Å². The van der Waals surface area contributed by atoms with E-state index in [9.17, 15) is 4.79 Å². The van der Waals surface area contributed by atoms with E-state index in [0.717, 1.165) is 27.3 Å². The predicted molar refractivity (Wildman–Crippen MR) is 134 cm³/mol. The molecule has 1 fully saturated rings. The van der Waals surface area contributed by atoms with Crippen LogP contribution in [0.1, 0.15) is 42.7 Å². The molecular weight excluding hydrogens is 451 g/mol. The molecule has 1 N–H and O–H groups in total. The van der Waals surface area contributed by atoms with Crippen LogP contribution in [0.15, 0.2) is 78.9 Å². The summed E-state index contributed by atoms with van der Waals surface area (Å²) in [4.78, 5) is 13.5. The number of aryl methyl sites for hydroxylation is 1. The Morgan fingerprint density at radius 2 is 1.53 bits per heavy atom. The smallest absolute Gasteiger partial charge is 0.441 e. The van der Waals surface area contributed by atoms with E-state index in [1.165, 1.54) is 35.5 Å². The van der Waals surface area contributed by atoms with Crippen LogP contribution in [-0.4, -0.2) is 10.5 Å². The zero-order chi connectivity index (χ0) is 22.8. The van der Waals surface area contributed by atoms with E-state index in [-0.39, 0.29) is 35.7 Å². The molecule has 1 saturated carbocycles. The van der Waals surface area contributed by atoms with Crippen molar-refractivity contribution in [1.29, 1.82) is 0 Å². The zero-order valence-electron chi connectivity index (χ0n) is 19.7. The van der Waals surface area contributed by atoms with Gasteiger partial charge in [-0.3, -0.25) is 5.32 Å². The monoisotopic (exact) mass is 476 g/mol. The van der Waals surface area contributed by atoms with E-state index in [4.69, 9.17) is 4.74 Å². The van der Waals surface area contributed by atoms with E-state index in [2.05, 4.69) is 58.2 Å². The van der Waals surface area contributed by atoms with Gasteiger partial charge in [0.2, 0.25) is 0 Å². The molecule has 0 unspecified atom stereocenters. The van der Waals surface area contributed by atoms with Crippen LogP contribution in [0, 0.1) is 12.8 Å². The Labute approximate surface area is 226 Å². The molecule has 4 aromatic rings. The number of benzene rings is 3. The molecule has 0 bridgehead atoms. The molecule has 34 heavy (non-hydrogen) atoms. The number of ether oxygens (including phenoxy) is 1. The van der Waals surface area contributed by atoms with Crippen LogP contribution >= 0.6 is 11.5 Å². The molecule has 166 valence electrons. The van der Waals surface area contributed by atoms with Crippen LogP contribution in [0.2, 0.25) is 0 Å². The van der Waals surface area contributed by atoms with E-state index in [1.54, 1.807) is 5.92 Å². The topological polar surface area (TPSA) is 51.2 Å². The van der Waals surface area contributed by atoms with E-state index in [1.807, 2.05) is 44.2 Å². The summed E-state index contributed by atoms with van der Waals surface area (Å²) in [6.45, 7) is 3.76. The summed E-state index contributed by atoms with van der Waals surface area (Å²) < 4.78 is 10.1. The molecule has 5 rings (SSSR count). The van der Waals surface area contributed by atoms with Gasteiger partial charge in [0.15, 0.2) is 0 Å². The number of amides is 1. The van der Waals surface area contributed by atoms with Crippen LogP contribution in [-0.2, 0) is 4.74 Å². The molecule has 1 aromatic heterocycles. The molecule has 0 aliphatic heterocycles. The zero-order valence-corrected chi connectivity index (χ0v) is 22.5. The molecular formula is C28H25N2NaO2S. The molecule has 0 spiro atoms. The Morgan fingerprint density at radius 1 is 0.941 bits per heavy atom. The molecule has 1 aliphatic rings. The number of carbonyl (C=O) groups is 1. The third kappa shape index (κ3) is 5.56. The number of nitrogens with one attached hydrogen (secondary N) is 1. The number of aromatic nitrogens is 1. The van der Waals surface area contributed by atoms with Gasteiger partial charge in [-0.15, -0.1) is 12.1 Å². The summed E-state index contributed by atoms with van der Waals surface area (Å²) in [6, 6.07) is 26.9. The second-order valence-corrected chi connectivity index (χ2v) is 9.09. The minimum Gasteiger partial charge on any atom is -0.441 e. The predicted octanol–water partition coefficient (Wildman–Crippen LogP) is 4.82. The largest absolute Gasteiger partial charge is 1.00 e. The summed E-state index contributed by atoms with van der Waals surface area (Å²) >= 11 is 1.38. The maximum absolute atomic E-state index is 12.6. The Kier molecular flexibility index (Phi) is 7.79. The quantitative estimate of drug-likeness (QED) is 0.321. The minimum atomic E-state index is -0.485. The standard InChI is InChI=1S/C28H25N2O2S.Na/c1-18-26(29-28(31)32-19(2)20-6-4-3-5-7-20)27(33-30-18)25-16-14-24(15-17-25)23-12-10-22(11-13-23)21-8-9-21;/h3-7,10-17,19H,8-9H2,1-2H3,(H,29,31);/q-1;+1/t19-;/m0./s1. The minimum absolute atomic E-state index is 0. The molecule has 4 nitrogen and oxygen atoms in total. The van der Waals surface area contributed by atoms with Gasteiger partial charge in [0.1, 0.15) is 6.10 Å². The van der Waals surface area contributed by atoms with Crippen molar-refractivity contribution in [1.82, 2.24) is 4.37 Å². The first-order valence-corrected chi connectivity index (χ1v) is 11.9. The van der Waals surface area contributed by atoms with Crippen molar-refractivity contribution < 1.29 is 39.1 Å². The van der Waals surface area contributed by atoms with Gasteiger partial charge in [-0.2, -0.15) is 28.0 Å². The number of hydrogen-bond donors (Lipinski definition) is 1. The third-order valence-corrected chi connectivity index (χ3v) is 6.90. The maximum atomic E-state index is 12.6. The molecule has 6 heteroatoms. The number of rotatable bonds is 6. The SMILES string of the molecule is Cc1nsc(-c2ccc(-c3ccc([C-]4CC4)cc3)cc2)c1NC(=O)O[C@@H](C)c1ccccc1.[Na+]. The molecule has 0 radical (unpaired) electrons. The Bertz CT molecular complexity index is 1250. The van der Waals surface area contributed by atoms with Crippen LogP contribution in [0.5, 0.6) is 0 Å². The molecule has 1 amide bonds. The average Bonchev–Trinajstić information content (AvgIpc) is 3.64. The number of nitrogens with zero attached hydrogens (tertiary/aromatic N) is 1. The Balaban J connectivity index is 0.00000274. The summed E-state index contributed by atoms with van der Waals surface area (Å²) in [5, 5.41) is 2.91. The van der Waals surface area contributed by atoms with Crippen LogP contribution in [0.3, 0.4) is 0 Å². The molecule has 1 atom stereocenters. The van der Waals surface area contributed by atoms with Crippen LogP contribution in [0.25, 0.3) is 21.6 Å². The van der Waals surface area contributed by atoms with Crippen molar-refractivity contribution in [2.24, 2.45) is 0 Å². The molecule has 0 saturated heterocycles. The summed E-state index contributed by atoms with van der Waals surface area (Å²) in [7, 11) is 0. The van der Waals surface area contributed by atoms with E-state index >= 15 is 0 Å². The summed E-state index contributed by atoms with van der Waals surface area (Å²) in [6.07, 6.45) is 1.64. The molecule has 3 aromatic carbocycles. The van der Waals surface area contributed by atoms with Gasteiger partial charge < -0.3 is 4.74 Å². The number of carbonyl (C=O) groups excluding carboxylic acids is 1. The first-order chi connectivity index (χ1) is 16.1. The van der Waals surface area contributed by atoms with Crippen molar-refractivity contribution in [3.63, 3.8) is 0 Å². The van der Waals surface area contributed by atoms with Gasteiger partial charge in [-0.05, 0) is 47.6 Å². The fraction of sp³-hybridized carbons (Fsp3) is 0.179. The first-order valence-electron chi connectivity index (χ1n) is 11.1. The molecule has 1 aliphatic carbocycles. The van der Waals surface area contributed by atoms with Crippen molar-refractivity contribution >= 4 is 23.3 Å². The first kappa shape index (κ1) is 24.6.